The molecule has 1 heterocycles. The van der Waals surface area contributed by atoms with E-state index in [1.807, 2.05) is 24.3 Å². The molecule has 0 aliphatic carbocycles. The van der Waals surface area contributed by atoms with Crippen LogP contribution in [-0.4, -0.2) is 5.91 Å². The van der Waals surface area contributed by atoms with Crippen molar-refractivity contribution in [1.82, 2.24) is 0 Å². The average Bonchev–Trinajstić information content (AvgIpc) is 2.70. The highest BCUT2D eigenvalue weighted by Gasteiger charge is 2.13. The van der Waals surface area contributed by atoms with Gasteiger partial charge in [0.15, 0.2) is 0 Å². The molecule has 0 aliphatic heterocycles. The van der Waals surface area contributed by atoms with Gasteiger partial charge in [0, 0.05) is 16.0 Å². The number of anilines is 1. The summed E-state index contributed by atoms with van der Waals surface area (Å²) < 4.78 is 1.78. The molecular formula is C12H8Br2ClNOS. The Morgan fingerprint density at radius 3 is 2.67 bits per heavy atom. The van der Waals surface area contributed by atoms with Gasteiger partial charge in [-0.15, -0.1) is 22.9 Å². The molecule has 1 aromatic carbocycles. The molecule has 2 aromatic rings. The Hall–Kier alpha value is -0.360. The van der Waals surface area contributed by atoms with Crippen molar-refractivity contribution >= 4 is 66.4 Å². The van der Waals surface area contributed by atoms with Crippen LogP contribution in [0.25, 0.3) is 0 Å². The number of carbonyl (C=O) groups excluding carboxylic acids is 1. The minimum Gasteiger partial charge on any atom is -0.321 e. The van der Waals surface area contributed by atoms with E-state index in [9.17, 15) is 4.79 Å². The lowest BCUT2D eigenvalue weighted by Crippen LogP contribution is -2.11. The van der Waals surface area contributed by atoms with Crippen LogP contribution in [-0.2, 0) is 5.88 Å². The number of hydrogen-bond donors (Lipinski definition) is 1. The second kappa shape index (κ2) is 6.19. The van der Waals surface area contributed by atoms with Gasteiger partial charge in [0.05, 0.1) is 8.66 Å². The van der Waals surface area contributed by atoms with E-state index in [1.54, 1.807) is 6.07 Å². The van der Waals surface area contributed by atoms with Gasteiger partial charge in [-0.05, 0) is 49.6 Å². The van der Waals surface area contributed by atoms with Crippen molar-refractivity contribution in [3.05, 3.63) is 49.0 Å². The van der Waals surface area contributed by atoms with Crippen LogP contribution in [0.1, 0.15) is 15.2 Å². The smallest absolute Gasteiger partial charge is 0.265 e. The molecule has 0 saturated heterocycles. The number of para-hydroxylation sites is 1. The number of rotatable bonds is 3. The van der Waals surface area contributed by atoms with Crippen molar-refractivity contribution in [2.45, 2.75) is 5.88 Å². The van der Waals surface area contributed by atoms with E-state index in [2.05, 4.69) is 37.2 Å². The predicted molar refractivity (Wildman–Crippen MR) is 83.7 cm³/mol. The lowest BCUT2D eigenvalue weighted by atomic mass is 10.2. The highest BCUT2D eigenvalue weighted by molar-refractivity contribution is 9.13. The largest absolute Gasteiger partial charge is 0.321 e. The fourth-order valence-corrected chi connectivity index (χ4v) is 3.57. The molecule has 0 fully saturated rings. The van der Waals surface area contributed by atoms with Gasteiger partial charge in [-0.1, -0.05) is 18.2 Å². The highest BCUT2D eigenvalue weighted by Crippen LogP contribution is 2.32. The fourth-order valence-electron chi connectivity index (χ4n) is 1.40. The summed E-state index contributed by atoms with van der Waals surface area (Å²) in [6.45, 7) is 0. The van der Waals surface area contributed by atoms with Gasteiger partial charge in [-0.25, -0.2) is 0 Å². The van der Waals surface area contributed by atoms with Crippen molar-refractivity contribution in [2.24, 2.45) is 0 Å². The number of thiophene rings is 1. The molecule has 0 unspecified atom stereocenters. The SMILES string of the molecule is O=C(Nc1ccccc1CCl)c1cc(Br)c(Br)s1. The zero-order valence-electron chi connectivity index (χ0n) is 9.04. The van der Waals surface area contributed by atoms with Crippen molar-refractivity contribution < 1.29 is 4.79 Å². The normalized spacial score (nSPS) is 10.4. The molecule has 0 radical (unpaired) electrons. The zero-order chi connectivity index (χ0) is 13.1. The van der Waals surface area contributed by atoms with E-state index >= 15 is 0 Å². The fraction of sp³-hybridized carbons (Fsp3) is 0.0833. The monoisotopic (exact) mass is 407 g/mol. The van der Waals surface area contributed by atoms with Crippen molar-refractivity contribution in [3.63, 3.8) is 0 Å². The minimum absolute atomic E-state index is 0.135. The van der Waals surface area contributed by atoms with Crippen LogP contribution >= 0.6 is 54.8 Å². The Balaban J connectivity index is 2.21. The second-order valence-corrected chi connectivity index (χ2v) is 6.97. The van der Waals surface area contributed by atoms with Crippen LogP contribution < -0.4 is 5.32 Å². The lowest BCUT2D eigenvalue weighted by Gasteiger charge is -2.07. The van der Waals surface area contributed by atoms with E-state index in [0.29, 0.717) is 10.8 Å². The first-order valence-electron chi connectivity index (χ1n) is 5.02. The summed E-state index contributed by atoms with van der Waals surface area (Å²) in [5.41, 5.74) is 1.65. The summed E-state index contributed by atoms with van der Waals surface area (Å²) >= 11 is 13.9. The zero-order valence-corrected chi connectivity index (χ0v) is 13.8. The number of nitrogens with one attached hydrogen (secondary N) is 1. The van der Waals surface area contributed by atoms with Gasteiger partial charge in [0.25, 0.3) is 5.91 Å². The molecule has 2 nitrogen and oxygen atoms in total. The standard InChI is InChI=1S/C12H8Br2ClNOS/c13-8-5-10(18-11(8)14)12(17)16-9-4-2-1-3-7(9)6-15/h1-5H,6H2,(H,16,17). The first-order valence-corrected chi connectivity index (χ1v) is 7.95. The highest BCUT2D eigenvalue weighted by atomic mass is 79.9. The van der Waals surface area contributed by atoms with E-state index < -0.39 is 0 Å². The minimum atomic E-state index is -0.135. The molecule has 0 aliphatic rings. The molecule has 18 heavy (non-hydrogen) atoms. The third-order valence-electron chi connectivity index (χ3n) is 2.28. The first-order chi connectivity index (χ1) is 8.61. The number of hydrogen-bond acceptors (Lipinski definition) is 2. The topological polar surface area (TPSA) is 29.1 Å². The van der Waals surface area contributed by atoms with Gasteiger partial charge < -0.3 is 5.32 Å². The van der Waals surface area contributed by atoms with Crippen LogP contribution in [0.4, 0.5) is 5.69 Å². The van der Waals surface area contributed by atoms with Crippen LogP contribution in [0.5, 0.6) is 0 Å². The Bertz CT molecular complexity index is 566. The van der Waals surface area contributed by atoms with Crippen LogP contribution in [0.3, 0.4) is 0 Å². The van der Waals surface area contributed by atoms with E-state index in [1.165, 1.54) is 11.3 Å². The summed E-state index contributed by atoms with van der Waals surface area (Å²) in [6, 6.07) is 9.28. The quantitative estimate of drug-likeness (QED) is 0.688. The van der Waals surface area contributed by atoms with Gasteiger partial charge in [-0.2, -0.15) is 0 Å². The second-order valence-electron chi connectivity index (χ2n) is 3.48. The van der Waals surface area contributed by atoms with Crippen molar-refractivity contribution in [2.75, 3.05) is 5.32 Å². The summed E-state index contributed by atoms with van der Waals surface area (Å²) in [5, 5.41) is 2.86. The van der Waals surface area contributed by atoms with Crippen LogP contribution in [0, 0.1) is 0 Å². The third kappa shape index (κ3) is 3.15. The van der Waals surface area contributed by atoms with Crippen molar-refractivity contribution in [3.8, 4) is 0 Å². The molecule has 2 rings (SSSR count). The Labute approximate surface area is 131 Å². The van der Waals surface area contributed by atoms with Crippen LogP contribution in [0.15, 0.2) is 38.6 Å². The molecule has 0 bridgehead atoms. The molecular weight excluding hydrogens is 401 g/mol. The maximum Gasteiger partial charge on any atom is 0.265 e. The number of halogens is 3. The van der Waals surface area contributed by atoms with Gasteiger partial charge in [-0.3, -0.25) is 4.79 Å². The average molecular weight is 410 g/mol. The van der Waals surface area contributed by atoms with Gasteiger partial charge >= 0.3 is 0 Å². The Morgan fingerprint density at radius 2 is 2.06 bits per heavy atom. The predicted octanol–water partition coefficient (Wildman–Crippen LogP) is 5.26. The first kappa shape index (κ1) is 14.1. The summed E-state index contributed by atoms with van der Waals surface area (Å²) in [4.78, 5) is 12.7. The maximum atomic E-state index is 12.1. The number of carbonyl (C=O) groups is 1. The number of benzene rings is 1. The molecule has 6 heteroatoms. The van der Waals surface area contributed by atoms with Gasteiger partial charge in [0.2, 0.25) is 0 Å². The molecule has 94 valence electrons. The van der Waals surface area contributed by atoms with E-state index in [-0.39, 0.29) is 5.91 Å². The lowest BCUT2D eigenvalue weighted by molar-refractivity contribution is 0.103. The van der Waals surface area contributed by atoms with Crippen molar-refractivity contribution in [1.29, 1.82) is 0 Å². The molecule has 1 aromatic heterocycles. The molecule has 0 spiro atoms. The van der Waals surface area contributed by atoms with E-state index in [4.69, 9.17) is 11.6 Å². The Morgan fingerprint density at radius 1 is 1.33 bits per heavy atom. The summed E-state index contributed by atoms with van der Waals surface area (Å²) in [7, 11) is 0. The molecule has 0 atom stereocenters. The maximum absolute atomic E-state index is 12.1. The summed E-state index contributed by atoms with van der Waals surface area (Å²) in [6.07, 6.45) is 0. The Kier molecular flexibility index (Phi) is 4.84. The summed E-state index contributed by atoms with van der Waals surface area (Å²) in [5.74, 6) is 0.234. The molecule has 1 amide bonds. The third-order valence-corrected chi connectivity index (χ3v) is 5.82. The number of alkyl halides is 1. The molecule has 0 saturated carbocycles. The van der Waals surface area contributed by atoms with Gasteiger partial charge in [0.1, 0.15) is 0 Å². The molecule has 1 N–H and O–H groups in total. The van der Waals surface area contributed by atoms with Crippen LogP contribution in [0.2, 0.25) is 0 Å². The number of amides is 1. The van der Waals surface area contributed by atoms with E-state index in [0.717, 1.165) is 19.5 Å².